The van der Waals surface area contributed by atoms with E-state index in [0.717, 1.165) is 21.5 Å². The molecular formula is C15H15BrN2O2. The molecule has 1 aromatic heterocycles. The minimum absolute atomic E-state index is 0.0383. The van der Waals surface area contributed by atoms with Gasteiger partial charge in [0.2, 0.25) is 5.91 Å². The lowest BCUT2D eigenvalue weighted by molar-refractivity contribution is -0.116. The molecule has 104 valence electrons. The van der Waals surface area contributed by atoms with Gasteiger partial charge in [0, 0.05) is 33.7 Å². The maximum absolute atomic E-state index is 12.1. The second-order valence-corrected chi connectivity index (χ2v) is 5.53. The topological polar surface area (TPSA) is 51.1 Å². The Morgan fingerprint density at radius 2 is 1.85 bits per heavy atom. The number of anilines is 1. The third-order valence-corrected chi connectivity index (χ3v) is 3.46. The molecule has 5 heteroatoms. The molecule has 0 unspecified atom stereocenters. The zero-order valence-corrected chi connectivity index (χ0v) is 12.9. The third-order valence-electron chi connectivity index (χ3n) is 2.96. The number of halogens is 1. The standard InChI is InChI=1S/C15H15BrN2O2/c1-10-6-14(19)7-11(2)18(10)9-15(20)17-13-5-3-4-12(16)8-13/h3-8H,9H2,1-2H3,(H,17,20). The van der Waals surface area contributed by atoms with Crippen LogP contribution in [0.2, 0.25) is 0 Å². The summed E-state index contributed by atoms with van der Waals surface area (Å²) < 4.78 is 2.72. The molecule has 2 aromatic rings. The van der Waals surface area contributed by atoms with Crippen LogP contribution in [0.5, 0.6) is 0 Å². The highest BCUT2D eigenvalue weighted by Gasteiger charge is 2.07. The van der Waals surface area contributed by atoms with Gasteiger partial charge in [-0.2, -0.15) is 0 Å². The second kappa shape index (κ2) is 6.05. The van der Waals surface area contributed by atoms with E-state index >= 15 is 0 Å². The van der Waals surface area contributed by atoms with Crippen LogP contribution in [0, 0.1) is 13.8 Å². The average Bonchev–Trinajstić information content (AvgIpc) is 2.33. The van der Waals surface area contributed by atoms with E-state index in [1.54, 1.807) is 0 Å². The van der Waals surface area contributed by atoms with Crippen LogP contribution in [0.4, 0.5) is 5.69 Å². The van der Waals surface area contributed by atoms with Gasteiger partial charge in [0.25, 0.3) is 0 Å². The molecule has 0 aliphatic heterocycles. The van der Waals surface area contributed by atoms with Gasteiger partial charge in [-0.25, -0.2) is 0 Å². The summed E-state index contributed by atoms with van der Waals surface area (Å²) >= 11 is 3.36. The zero-order valence-electron chi connectivity index (χ0n) is 11.3. The first-order chi connectivity index (χ1) is 9.45. The largest absolute Gasteiger partial charge is 0.340 e. The van der Waals surface area contributed by atoms with Crippen molar-refractivity contribution < 1.29 is 4.79 Å². The van der Waals surface area contributed by atoms with Gasteiger partial charge in [-0.3, -0.25) is 9.59 Å². The van der Waals surface area contributed by atoms with Crippen LogP contribution in [0.1, 0.15) is 11.4 Å². The smallest absolute Gasteiger partial charge is 0.244 e. The summed E-state index contributed by atoms with van der Waals surface area (Å²) in [5, 5.41) is 2.83. The van der Waals surface area contributed by atoms with Crippen molar-refractivity contribution in [1.82, 2.24) is 4.57 Å². The lowest BCUT2D eigenvalue weighted by Gasteiger charge is -2.14. The second-order valence-electron chi connectivity index (χ2n) is 4.62. The SMILES string of the molecule is Cc1cc(=O)cc(C)n1CC(=O)Nc1cccc(Br)c1. The van der Waals surface area contributed by atoms with E-state index in [1.807, 2.05) is 42.7 Å². The average molecular weight is 335 g/mol. The number of hydrogen-bond acceptors (Lipinski definition) is 2. The first kappa shape index (κ1) is 14.5. The number of hydrogen-bond donors (Lipinski definition) is 1. The molecule has 4 nitrogen and oxygen atoms in total. The predicted octanol–water partition coefficient (Wildman–Crippen LogP) is 2.87. The molecule has 0 bridgehead atoms. The van der Waals surface area contributed by atoms with E-state index in [4.69, 9.17) is 0 Å². The summed E-state index contributed by atoms with van der Waals surface area (Å²) in [6, 6.07) is 10.5. The Kier molecular flexibility index (Phi) is 4.39. The highest BCUT2D eigenvalue weighted by molar-refractivity contribution is 9.10. The molecule has 0 atom stereocenters. The monoisotopic (exact) mass is 334 g/mol. The van der Waals surface area contributed by atoms with Gasteiger partial charge in [0.05, 0.1) is 0 Å². The number of pyridine rings is 1. The van der Waals surface area contributed by atoms with Gasteiger partial charge in [-0.1, -0.05) is 22.0 Å². The molecule has 1 N–H and O–H groups in total. The van der Waals surface area contributed by atoms with Crippen molar-refractivity contribution in [1.29, 1.82) is 0 Å². The van der Waals surface area contributed by atoms with E-state index in [0.29, 0.717) is 0 Å². The van der Waals surface area contributed by atoms with E-state index in [9.17, 15) is 9.59 Å². The number of rotatable bonds is 3. The summed E-state index contributed by atoms with van der Waals surface area (Å²) in [5.74, 6) is -0.127. The predicted molar refractivity (Wildman–Crippen MR) is 82.9 cm³/mol. The number of carbonyl (C=O) groups is 1. The normalized spacial score (nSPS) is 10.3. The first-order valence-electron chi connectivity index (χ1n) is 6.19. The van der Waals surface area contributed by atoms with Gasteiger partial charge in [0.1, 0.15) is 6.54 Å². The number of benzene rings is 1. The Bertz CT molecular complexity index is 681. The molecule has 0 spiro atoms. The Morgan fingerprint density at radius 1 is 1.20 bits per heavy atom. The van der Waals surface area contributed by atoms with Crippen LogP contribution in [0.25, 0.3) is 0 Å². The molecule has 2 rings (SSSR count). The molecule has 0 saturated heterocycles. The maximum Gasteiger partial charge on any atom is 0.244 e. The van der Waals surface area contributed by atoms with E-state index in [2.05, 4.69) is 21.2 Å². The van der Waals surface area contributed by atoms with Crippen molar-refractivity contribution in [3.63, 3.8) is 0 Å². The van der Waals surface area contributed by atoms with Crippen LogP contribution < -0.4 is 10.7 Å². The Balaban J connectivity index is 2.15. The van der Waals surface area contributed by atoms with Crippen molar-refractivity contribution >= 4 is 27.5 Å². The van der Waals surface area contributed by atoms with Crippen LogP contribution >= 0.6 is 15.9 Å². The van der Waals surface area contributed by atoms with Gasteiger partial charge in [-0.05, 0) is 32.0 Å². The molecule has 1 heterocycles. The highest BCUT2D eigenvalue weighted by atomic mass is 79.9. The minimum atomic E-state index is -0.127. The summed E-state index contributed by atoms with van der Waals surface area (Å²) in [4.78, 5) is 23.4. The number of aryl methyl sites for hydroxylation is 2. The maximum atomic E-state index is 12.1. The summed E-state index contributed by atoms with van der Waals surface area (Å²) in [7, 11) is 0. The third kappa shape index (κ3) is 3.57. The van der Waals surface area contributed by atoms with Gasteiger partial charge >= 0.3 is 0 Å². The summed E-state index contributed by atoms with van der Waals surface area (Å²) in [6.45, 7) is 3.83. The van der Waals surface area contributed by atoms with Crippen molar-refractivity contribution in [3.05, 3.63) is 62.5 Å². The van der Waals surface area contributed by atoms with E-state index < -0.39 is 0 Å². The van der Waals surface area contributed by atoms with Gasteiger partial charge < -0.3 is 9.88 Å². The fourth-order valence-corrected chi connectivity index (χ4v) is 2.45. The summed E-state index contributed by atoms with van der Waals surface area (Å²) in [5.41, 5.74) is 2.25. The molecule has 0 aliphatic rings. The molecule has 20 heavy (non-hydrogen) atoms. The van der Waals surface area contributed by atoms with E-state index in [1.165, 1.54) is 12.1 Å². The van der Waals surface area contributed by atoms with Crippen molar-refractivity contribution in [2.24, 2.45) is 0 Å². The zero-order chi connectivity index (χ0) is 14.7. The van der Waals surface area contributed by atoms with Crippen LogP contribution in [0.15, 0.2) is 45.7 Å². The number of nitrogens with one attached hydrogen (secondary N) is 1. The lowest BCUT2D eigenvalue weighted by atomic mass is 10.3. The molecule has 1 amide bonds. The Morgan fingerprint density at radius 3 is 2.45 bits per heavy atom. The molecule has 0 radical (unpaired) electrons. The van der Waals surface area contributed by atoms with E-state index in [-0.39, 0.29) is 17.9 Å². The van der Waals surface area contributed by atoms with Crippen molar-refractivity contribution in [2.45, 2.75) is 20.4 Å². The quantitative estimate of drug-likeness (QED) is 0.938. The lowest BCUT2D eigenvalue weighted by Crippen LogP contribution is -2.23. The molecule has 0 saturated carbocycles. The fraction of sp³-hybridized carbons (Fsp3) is 0.200. The first-order valence-corrected chi connectivity index (χ1v) is 6.98. The highest BCUT2D eigenvalue weighted by Crippen LogP contribution is 2.15. The number of carbonyl (C=O) groups excluding carboxylic acids is 1. The summed E-state index contributed by atoms with van der Waals surface area (Å²) in [6.07, 6.45) is 0. The number of nitrogens with zero attached hydrogens (tertiary/aromatic N) is 1. The number of amides is 1. The van der Waals surface area contributed by atoms with Crippen molar-refractivity contribution in [3.8, 4) is 0 Å². The number of aromatic nitrogens is 1. The molecular weight excluding hydrogens is 320 g/mol. The van der Waals surface area contributed by atoms with Crippen molar-refractivity contribution in [2.75, 3.05) is 5.32 Å². The van der Waals surface area contributed by atoms with Crippen LogP contribution in [-0.4, -0.2) is 10.5 Å². The Hall–Kier alpha value is -1.88. The molecule has 1 aromatic carbocycles. The minimum Gasteiger partial charge on any atom is -0.340 e. The van der Waals surface area contributed by atoms with Gasteiger partial charge in [0.15, 0.2) is 5.43 Å². The Labute approximate surface area is 125 Å². The fourth-order valence-electron chi connectivity index (χ4n) is 2.05. The van der Waals surface area contributed by atoms with Crippen LogP contribution in [0.3, 0.4) is 0 Å². The molecule has 0 fully saturated rings. The van der Waals surface area contributed by atoms with Crippen LogP contribution in [-0.2, 0) is 11.3 Å². The molecule has 0 aliphatic carbocycles. The van der Waals surface area contributed by atoms with Gasteiger partial charge in [-0.15, -0.1) is 0 Å².